The summed E-state index contributed by atoms with van der Waals surface area (Å²) in [4.78, 5) is 26.2. The molecule has 6 nitrogen and oxygen atoms in total. The zero-order valence-electron chi connectivity index (χ0n) is 11.2. The van der Waals surface area contributed by atoms with Crippen molar-refractivity contribution in [3.8, 4) is 0 Å². The van der Waals surface area contributed by atoms with Gasteiger partial charge in [-0.1, -0.05) is 23.7 Å². The van der Waals surface area contributed by atoms with Crippen molar-refractivity contribution in [2.24, 2.45) is 0 Å². The topological polar surface area (TPSA) is 85.1 Å². The van der Waals surface area contributed by atoms with E-state index in [-0.39, 0.29) is 18.0 Å². The molecule has 1 aromatic carbocycles. The minimum atomic E-state index is -0.491. The number of nitro benzene ring substituents is 1. The Morgan fingerprint density at radius 1 is 1.38 bits per heavy atom. The van der Waals surface area contributed by atoms with E-state index in [2.05, 4.69) is 10.3 Å². The molecule has 1 amide bonds. The Balaban J connectivity index is 2.08. The number of rotatable bonds is 4. The molecule has 21 heavy (non-hydrogen) atoms. The van der Waals surface area contributed by atoms with Gasteiger partial charge in [-0.05, 0) is 24.6 Å². The number of hydrogen-bond acceptors (Lipinski definition) is 4. The van der Waals surface area contributed by atoms with Gasteiger partial charge in [0.15, 0.2) is 0 Å². The first-order valence-electron chi connectivity index (χ1n) is 6.12. The summed E-state index contributed by atoms with van der Waals surface area (Å²) in [6, 6.07) is 9.23. The van der Waals surface area contributed by atoms with Gasteiger partial charge >= 0.3 is 0 Å². The average molecular weight is 306 g/mol. The van der Waals surface area contributed by atoms with E-state index in [1.165, 1.54) is 12.1 Å². The van der Waals surface area contributed by atoms with Gasteiger partial charge in [0.2, 0.25) is 5.91 Å². The molecule has 0 aliphatic carbocycles. The Bertz CT molecular complexity index is 704. The predicted molar refractivity (Wildman–Crippen MR) is 79.4 cm³/mol. The molecule has 108 valence electrons. The Kier molecular flexibility index (Phi) is 4.49. The molecule has 0 aliphatic heterocycles. The molecule has 1 N–H and O–H groups in total. The van der Waals surface area contributed by atoms with Crippen LogP contribution in [0.3, 0.4) is 0 Å². The van der Waals surface area contributed by atoms with E-state index < -0.39 is 4.92 Å². The number of nitro groups is 1. The second-order valence-electron chi connectivity index (χ2n) is 4.42. The minimum Gasteiger partial charge on any atom is -0.324 e. The number of anilines is 1. The molecule has 0 saturated carbocycles. The molecule has 2 rings (SSSR count). The molecule has 0 radical (unpaired) electrons. The van der Waals surface area contributed by atoms with Crippen LogP contribution in [0.25, 0.3) is 0 Å². The van der Waals surface area contributed by atoms with Gasteiger partial charge in [0.1, 0.15) is 5.15 Å². The molecule has 1 aromatic heterocycles. The highest BCUT2D eigenvalue weighted by molar-refractivity contribution is 6.29. The van der Waals surface area contributed by atoms with Gasteiger partial charge in [0, 0.05) is 12.1 Å². The zero-order valence-corrected chi connectivity index (χ0v) is 11.9. The van der Waals surface area contributed by atoms with Gasteiger partial charge in [0.25, 0.3) is 5.69 Å². The summed E-state index contributed by atoms with van der Waals surface area (Å²) in [6.45, 7) is 1.73. The van der Waals surface area contributed by atoms with Crippen molar-refractivity contribution in [3.05, 3.63) is 62.9 Å². The Morgan fingerprint density at radius 2 is 2.14 bits per heavy atom. The fourth-order valence-electron chi connectivity index (χ4n) is 1.82. The molecule has 7 heteroatoms. The number of nitrogens with one attached hydrogen (secondary N) is 1. The summed E-state index contributed by atoms with van der Waals surface area (Å²) < 4.78 is 0. The van der Waals surface area contributed by atoms with E-state index in [0.29, 0.717) is 22.1 Å². The lowest BCUT2D eigenvalue weighted by molar-refractivity contribution is -0.384. The number of carbonyl (C=O) groups excluding carboxylic acids is 1. The summed E-state index contributed by atoms with van der Waals surface area (Å²) >= 11 is 5.74. The third kappa shape index (κ3) is 4.00. The number of aryl methyl sites for hydroxylation is 1. The normalized spacial score (nSPS) is 10.2. The standard InChI is InChI=1S/C14H12ClN3O3/c1-9-12(5-6-13(15)16-9)17-14(19)8-10-3-2-4-11(7-10)18(20)21/h2-7H,8H2,1H3,(H,17,19). The van der Waals surface area contributed by atoms with Gasteiger partial charge < -0.3 is 5.32 Å². The fraction of sp³-hybridized carbons (Fsp3) is 0.143. The number of non-ortho nitro benzene ring substituents is 1. The first kappa shape index (κ1) is 14.9. The van der Waals surface area contributed by atoms with Crippen molar-refractivity contribution in [1.82, 2.24) is 4.98 Å². The number of benzene rings is 1. The Hall–Kier alpha value is -2.47. The maximum absolute atomic E-state index is 12.0. The van der Waals surface area contributed by atoms with Crippen LogP contribution in [0, 0.1) is 17.0 Å². The number of halogens is 1. The van der Waals surface area contributed by atoms with E-state index in [1.54, 1.807) is 31.2 Å². The van der Waals surface area contributed by atoms with E-state index in [9.17, 15) is 14.9 Å². The van der Waals surface area contributed by atoms with E-state index in [0.717, 1.165) is 0 Å². The number of carbonyl (C=O) groups is 1. The quantitative estimate of drug-likeness (QED) is 0.534. The highest BCUT2D eigenvalue weighted by Crippen LogP contribution is 2.17. The van der Waals surface area contributed by atoms with Gasteiger partial charge in [-0.3, -0.25) is 14.9 Å². The van der Waals surface area contributed by atoms with E-state index >= 15 is 0 Å². The van der Waals surface area contributed by atoms with Crippen molar-refractivity contribution in [2.45, 2.75) is 13.3 Å². The Labute approximate surface area is 125 Å². The maximum atomic E-state index is 12.0. The molecule has 1 heterocycles. The summed E-state index contributed by atoms with van der Waals surface area (Å²) in [5.74, 6) is -0.275. The van der Waals surface area contributed by atoms with Gasteiger partial charge in [-0.15, -0.1) is 0 Å². The molecule has 2 aromatic rings. The third-order valence-electron chi connectivity index (χ3n) is 2.81. The SMILES string of the molecule is Cc1nc(Cl)ccc1NC(=O)Cc1cccc([N+](=O)[O-])c1. The van der Waals surface area contributed by atoms with E-state index in [1.807, 2.05) is 0 Å². The third-order valence-corrected chi connectivity index (χ3v) is 3.02. The lowest BCUT2D eigenvalue weighted by Gasteiger charge is -2.08. The molecule has 0 saturated heterocycles. The molecule has 0 unspecified atom stereocenters. The molecule has 0 aliphatic rings. The summed E-state index contributed by atoms with van der Waals surface area (Å²) in [5, 5.41) is 13.7. The molecular formula is C14H12ClN3O3. The maximum Gasteiger partial charge on any atom is 0.269 e. The molecule has 0 fully saturated rings. The zero-order chi connectivity index (χ0) is 15.4. The van der Waals surface area contributed by atoms with Crippen LogP contribution in [0.5, 0.6) is 0 Å². The van der Waals surface area contributed by atoms with Crippen molar-refractivity contribution < 1.29 is 9.72 Å². The Morgan fingerprint density at radius 3 is 2.81 bits per heavy atom. The van der Waals surface area contributed by atoms with Crippen LogP contribution in [-0.4, -0.2) is 15.8 Å². The van der Waals surface area contributed by atoms with Gasteiger partial charge in [-0.2, -0.15) is 0 Å². The summed E-state index contributed by atoms with van der Waals surface area (Å²) in [5.41, 5.74) is 1.70. The van der Waals surface area contributed by atoms with Gasteiger partial charge in [-0.25, -0.2) is 4.98 Å². The predicted octanol–water partition coefficient (Wildman–Crippen LogP) is 3.13. The summed E-state index contributed by atoms with van der Waals surface area (Å²) in [7, 11) is 0. The van der Waals surface area contributed by atoms with Crippen LogP contribution in [0.2, 0.25) is 5.15 Å². The summed E-state index contributed by atoms with van der Waals surface area (Å²) in [6.07, 6.45) is 0.0454. The molecular weight excluding hydrogens is 294 g/mol. The highest BCUT2D eigenvalue weighted by Gasteiger charge is 2.10. The average Bonchev–Trinajstić information content (AvgIpc) is 2.42. The van der Waals surface area contributed by atoms with Crippen LogP contribution >= 0.6 is 11.6 Å². The second-order valence-corrected chi connectivity index (χ2v) is 4.81. The second kappa shape index (κ2) is 6.32. The molecule has 0 spiro atoms. The van der Waals surface area contributed by atoms with Crippen molar-refractivity contribution in [3.63, 3.8) is 0 Å². The van der Waals surface area contributed by atoms with Gasteiger partial charge in [0.05, 0.1) is 22.7 Å². The van der Waals surface area contributed by atoms with E-state index in [4.69, 9.17) is 11.6 Å². The highest BCUT2D eigenvalue weighted by atomic mass is 35.5. The van der Waals surface area contributed by atoms with Crippen molar-refractivity contribution >= 4 is 28.9 Å². The number of hydrogen-bond donors (Lipinski definition) is 1. The fourth-order valence-corrected chi connectivity index (χ4v) is 2.01. The van der Waals surface area contributed by atoms with Crippen LogP contribution < -0.4 is 5.32 Å². The first-order chi connectivity index (χ1) is 9.95. The minimum absolute atomic E-state index is 0.0374. The first-order valence-corrected chi connectivity index (χ1v) is 6.50. The molecule has 0 atom stereocenters. The van der Waals surface area contributed by atoms with Crippen LogP contribution in [0.4, 0.5) is 11.4 Å². The lowest BCUT2D eigenvalue weighted by atomic mass is 10.1. The number of aromatic nitrogens is 1. The molecule has 0 bridgehead atoms. The largest absolute Gasteiger partial charge is 0.324 e. The van der Waals surface area contributed by atoms with Crippen molar-refractivity contribution in [1.29, 1.82) is 0 Å². The number of pyridine rings is 1. The van der Waals surface area contributed by atoms with Crippen LogP contribution in [0.15, 0.2) is 36.4 Å². The number of amides is 1. The smallest absolute Gasteiger partial charge is 0.269 e. The lowest BCUT2D eigenvalue weighted by Crippen LogP contribution is -2.15. The monoisotopic (exact) mass is 305 g/mol. The number of nitrogens with zero attached hydrogens (tertiary/aromatic N) is 2. The van der Waals surface area contributed by atoms with Crippen LogP contribution in [0.1, 0.15) is 11.3 Å². The van der Waals surface area contributed by atoms with Crippen molar-refractivity contribution in [2.75, 3.05) is 5.32 Å². The van der Waals surface area contributed by atoms with Crippen LogP contribution in [-0.2, 0) is 11.2 Å².